The van der Waals surface area contributed by atoms with Crippen LogP contribution in [0.5, 0.6) is 0 Å². The van der Waals surface area contributed by atoms with Crippen LogP contribution < -0.4 is 11.1 Å². The van der Waals surface area contributed by atoms with E-state index < -0.39 is 0 Å². The van der Waals surface area contributed by atoms with Gasteiger partial charge in [-0.1, -0.05) is 16.8 Å². The molecule has 0 atom stereocenters. The Labute approximate surface area is 128 Å². The standard InChI is InChI=1S/C16H19N3O3/c17-15-13(14(19-22-15)12-7-4-10-21-12)16(20)18-9-8-11-5-2-1-3-6-11/h4-5,7,10H,1-3,6,8-9,17H2,(H,18,20). The monoisotopic (exact) mass is 301 g/mol. The topological polar surface area (TPSA) is 94.3 Å². The van der Waals surface area contributed by atoms with Gasteiger partial charge >= 0.3 is 0 Å². The summed E-state index contributed by atoms with van der Waals surface area (Å²) in [5.74, 6) is 0.169. The SMILES string of the molecule is Nc1onc(-c2ccco2)c1C(=O)NCCC1=CCCCC1. The van der Waals surface area contributed by atoms with Crippen LogP contribution in [0.2, 0.25) is 0 Å². The highest BCUT2D eigenvalue weighted by atomic mass is 16.5. The first-order chi connectivity index (χ1) is 10.8. The molecule has 1 aliphatic rings. The number of allylic oxidation sites excluding steroid dienone is 1. The summed E-state index contributed by atoms with van der Waals surface area (Å²) < 4.78 is 10.2. The molecule has 3 rings (SSSR count). The van der Waals surface area contributed by atoms with Crippen molar-refractivity contribution in [1.82, 2.24) is 10.5 Å². The van der Waals surface area contributed by atoms with Gasteiger partial charge in [0.25, 0.3) is 5.91 Å². The van der Waals surface area contributed by atoms with Gasteiger partial charge in [-0.15, -0.1) is 0 Å². The first-order valence-electron chi connectivity index (χ1n) is 7.51. The molecule has 6 heteroatoms. The van der Waals surface area contributed by atoms with Crippen molar-refractivity contribution < 1.29 is 13.7 Å². The van der Waals surface area contributed by atoms with Crippen LogP contribution in [0.3, 0.4) is 0 Å². The summed E-state index contributed by atoms with van der Waals surface area (Å²) in [5.41, 5.74) is 7.69. The van der Waals surface area contributed by atoms with Gasteiger partial charge in [-0.05, 0) is 44.2 Å². The second kappa shape index (κ2) is 6.51. The van der Waals surface area contributed by atoms with E-state index in [9.17, 15) is 4.79 Å². The molecule has 0 aliphatic heterocycles. The maximum absolute atomic E-state index is 12.3. The van der Waals surface area contributed by atoms with Crippen LogP contribution in [0.25, 0.3) is 11.5 Å². The average Bonchev–Trinajstić information content (AvgIpc) is 3.17. The summed E-state index contributed by atoms with van der Waals surface area (Å²) in [5, 5.41) is 6.69. The van der Waals surface area contributed by atoms with Crippen molar-refractivity contribution in [2.24, 2.45) is 0 Å². The fourth-order valence-corrected chi connectivity index (χ4v) is 2.66. The van der Waals surface area contributed by atoms with Crippen molar-refractivity contribution in [2.75, 3.05) is 12.3 Å². The maximum Gasteiger partial charge on any atom is 0.259 e. The Bertz CT molecular complexity index is 671. The van der Waals surface area contributed by atoms with E-state index in [2.05, 4.69) is 16.5 Å². The Kier molecular flexibility index (Phi) is 4.27. The molecule has 6 nitrogen and oxygen atoms in total. The van der Waals surface area contributed by atoms with Crippen molar-refractivity contribution >= 4 is 11.8 Å². The Morgan fingerprint density at radius 3 is 3.05 bits per heavy atom. The maximum atomic E-state index is 12.3. The molecule has 0 saturated carbocycles. The molecule has 116 valence electrons. The molecule has 0 spiro atoms. The van der Waals surface area contributed by atoms with E-state index in [1.54, 1.807) is 12.1 Å². The van der Waals surface area contributed by atoms with Crippen LogP contribution in [0, 0.1) is 0 Å². The van der Waals surface area contributed by atoms with Crippen LogP contribution in [-0.2, 0) is 0 Å². The Morgan fingerprint density at radius 1 is 1.41 bits per heavy atom. The minimum atomic E-state index is -0.290. The number of carbonyl (C=O) groups excluding carboxylic acids is 1. The predicted octanol–water partition coefficient (Wildman–Crippen LogP) is 3.14. The normalized spacial score (nSPS) is 14.6. The lowest BCUT2D eigenvalue weighted by atomic mass is 9.97. The van der Waals surface area contributed by atoms with Crippen LogP contribution in [-0.4, -0.2) is 17.6 Å². The molecule has 0 fully saturated rings. The number of hydrogen-bond acceptors (Lipinski definition) is 5. The third kappa shape index (κ3) is 3.05. The van der Waals surface area contributed by atoms with E-state index in [0.29, 0.717) is 18.0 Å². The van der Waals surface area contributed by atoms with Gasteiger partial charge in [0.2, 0.25) is 5.88 Å². The lowest BCUT2D eigenvalue weighted by Gasteiger charge is -2.12. The second-order valence-corrected chi connectivity index (χ2v) is 5.36. The summed E-state index contributed by atoms with van der Waals surface area (Å²) in [4.78, 5) is 12.3. The van der Waals surface area contributed by atoms with E-state index >= 15 is 0 Å². The quantitative estimate of drug-likeness (QED) is 0.827. The number of amides is 1. The number of nitrogens with two attached hydrogens (primary N) is 1. The van der Waals surface area contributed by atoms with Crippen LogP contribution >= 0.6 is 0 Å². The molecular formula is C16H19N3O3. The van der Waals surface area contributed by atoms with Crippen molar-refractivity contribution in [1.29, 1.82) is 0 Å². The zero-order valence-electron chi connectivity index (χ0n) is 12.3. The molecule has 1 aliphatic carbocycles. The summed E-state index contributed by atoms with van der Waals surface area (Å²) in [7, 11) is 0. The van der Waals surface area contributed by atoms with E-state index in [1.165, 1.54) is 24.7 Å². The van der Waals surface area contributed by atoms with Gasteiger partial charge in [0.05, 0.1) is 6.26 Å². The Morgan fingerprint density at radius 2 is 2.32 bits per heavy atom. The number of carbonyl (C=O) groups is 1. The Hall–Kier alpha value is -2.50. The number of rotatable bonds is 5. The predicted molar refractivity (Wildman–Crippen MR) is 82.1 cm³/mol. The second-order valence-electron chi connectivity index (χ2n) is 5.36. The minimum absolute atomic E-state index is 0.000724. The van der Waals surface area contributed by atoms with E-state index in [-0.39, 0.29) is 17.4 Å². The van der Waals surface area contributed by atoms with Gasteiger partial charge in [0, 0.05) is 6.54 Å². The van der Waals surface area contributed by atoms with Gasteiger partial charge in [-0.25, -0.2) is 0 Å². The van der Waals surface area contributed by atoms with Gasteiger partial charge in [0.1, 0.15) is 5.56 Å². The molecule has 1 amide bonds. The number of nitrogens with zero attached hydrogens (tertiary/aromatic N) is 1. The van der Waals surface area contributed by atoms with E-state index in [1.807, 2.05) is 0 Å². The number of nitrogens with one attached hydrogen (secondary N) is 1. The Balaban J connectivity index is 1.65. The molecule has 0 saturated heterocycles. The average molecular weight is 301 g/mol. The lowest BCUT2D eigenvalue weighted by molar-refractivity contribution is 0.0955. The molecule has 22 heavy (non-hydrogen) atoms. The molecule has 0 unspecified atom stereocenters. The molecule has 2 heterocycles. The van der Waals surface area contributed by atoms with Crippen molar-refractivity contribution in [3.05, 3.63) is 35.6 Å². The van der Waals surface area contributed by atoms with Gasteiger partial charge in [-0.2, -0.15) is 0 Å². The molecule has 2 aromatic heterocycles. The molecule has 3 N–H and O–H groups in total. The zero-order chi connectivity index (χ0) is 15.4. The number of anilines is 1. The highest BCUT2D eigenvalue weighted by molar-refractivity contribution is 6.03. The number of nitrogen functional groups attached to an aromatic ring is 1. The molecule has 0 radical (unpaired) electrons. The number of furan rings is 1. The highest BCUT2D eigenvalue weighted by Gasteiger charge is 2.23. The summed E-state index contributed by atoms with van der Waals surface area (Å²) in [6.07, 6.45) is 9.43. The minimum Gasteiger partial charge on any atom is -0.463 e. The van der Waals surface area contributed by atoms with Crippen LogP contribution in [0.1, 0.15) is 42.5 Å². The fourth-order valence-electron chi connectivity index (χ4n) is 2.66. The van der Waals surface area contributed by atoms with Crippen molar-refractivity contribution in [3.63, 3.8) is 0 Å². The molecule has 0 bridgehead atoms. The largest absolute Gasteiger partial charge is 0.463 e. The summed E-state index contributed by atoms with van der Waals surface area (Å²) in [6, 6.07) is 3.43. The van der Waals surface area contributed by atoms with Gasteiger partial charge < -0.3 is 20.0 Å². The third-order valence-corrected chi connectivity index (χ3v) is 3.82. The van der Waals surface area contributed by atoms with Gasteiger partial charge in [0.15, 0.2) is 11.5 Å². The lowest BCUT2D eigenvalue weighted by Crippen LogP contribution is -2.25. The highest BCUT2D eigenvalue weighted by Crippen LogP contribution is 2.27. The van der Waals surface area contributed by atoms with Crippen molar-refractivity contribution in [3.8, 4) is 11.5 Å². The number of aromatic nitrogens is 1. The number of hydrogen-bond donors (Lipinski definition) is 2. The molecular weight excluding hydrogens is 282 g/mol. The zero-order valence-corrected chi connectivity index (χ0v) is 12.3. The fraction of sp³-hybridized carbons (Fsp3) is 0.375. The summed E-state index contributed by atoms with van der Waals surface area (Å²) in [6.45, 7) is 0.576. The van der Waals surface area contributed by atoms with E-state index in [0.717, 1.165) is 19.3 Å². The first-order valence-corrected chi connectivity index (χ1v) is 7.51. The third-order valence-electron chi connectivity index (χ3n) is 3.82. The smallest absolute Gasteiger partial charge is 0.259 e. The first kappa shape index (κ1) is 14.4. The van der Waals surface area contributed by atoms with E-state index in [4.69, 9.17) is 14.7 Å². The van der Waals surface area contributed by atoms with Gasteiger partial charge in [-0.3, -0.25) is 4.79 Å². The van der Waals surface area contributed by atoms with Crippen LogP contribution in [0.4, 0.5) is 5.88 Å². The summed E-state index contributed by atoms with van der Waals surface area (Å²) >= 11 is 0. The molecule has 0 aromatic carbocycles. The van der Waals surface area contributed by atoms with Crippen molar-refractivity contribution in [2.45, 2.75) is 32.1 Å². The van der Waals surface area contributed by atoms with Crippen LogP contribution in [0.15, 0.2) is 39.0 Å². The molecule has 2 aromatic rings.